The molecule has 24 heavy (non-hydrogen) atoms. The third kappa shape index (κ3) is 4.69. The van der Waals surface area contributed by atoms with Gasteiger partial charge in [-0.2, -0.15) is 0 Å². The van der Waals surface area contributed by atoms with Gasteiger partial charge in [0.15, 0.2) is 5.16 Å². The molecule has 1 saturated heterocycles. The van der Waals surface area contributed by atoms with Gasteiger partial charge in [0.1, 0.15) is 0 Å². The number of aryl methyl sites for hydroxylation is 2. The summed E-state index contributed by atoms with van der Waals surface area (Å²) in [5.41, 5.74) is 2.98. The van der Waals surface area contributed by atoms with E-state index in [0.717, 1.165) is 41.6 Å². The Morgan fingerprint density at radius 2 is 1.62 bits per heavy atom. The number of carbonyl (C=O) groups is 2. The lowest BCUT2D eigenvalue weighted by molar-refractivity contribution is -0.132. The van der Waals surface area contributed by atoms with E-state index in [1.54, 1.807) is 6.92 Å². The smallest absolute Gasteiger partial charge is 0.222 e. The summed E-state index contributed by atoms with van der Waals surface area (Å²) in [4.78, 5) is 36.6. The number of aromatic nitrogens is 2. The van der Waals surface area contributed by atoms with Crippen LogP contribution in [0.3, 0.4) is 0 Å². The van der Waals surface area contributed by atoms with Crippen molar-refractivity contribution in [2.24, 2.45) is 0 Å². The predicted molar refractivity (Wildman–Crippen MR) is 95.1 cm³/mol. The Morgan fingerprint density at radius 1 is 1.04 bits per heavy atom. The van der Waals surface area contributed by atoms with Gasteiger partial charge < -0.3 is 9.80 Å². The highest BCUT2D eigenvalue weighted by Gasteiger charge is 2.20. The highest BCUT2D eigenvalue weighted by Crippen LogP contribution is 2.17. The SMILES string of the molecule is CSc1nc(C)c(CCC(=O)N2CCCN(C(C)=O)CC2)c(C)n1. The zero-order valence-electron chi connectivity index (χ0n) is 15.0. The summed E-state index contributed by atoms with van der Waals surface area (Å²) < 4.78 is 0. The molecule has 0 unspecified atom stereocenters. The van der Waals surface area contributed by atoms with Gasteiger partial charge in [-0.1, -0.05) is 11.8 Å². The van der Waals surface area contributed by atoms with Crippen molar-refractivity contribution in [3.8, 4) is 0 Å². The zero-order chi connectivity index (χ0) is 17.7. The molecule has 6 nitrogen and oxygen atoms in total. The van der Waals surface area contributed by atoms with Crippen molar-refractivity contribution < 1.29 is 9.59 Å². The van der Waals surface area contributed by atoms with Crippen LogP contribution in [0.25, 0.3) is 0 Å². The fourth-order valence-corrected chi connectivity index (χ4v) is 3.49. The average molecular weight is 350 g/mol. The average Bonchev–Trinajstić information content (AvgIpc) is 2.79. The molecule has 2 heterocycles. The second-order valence-electron chi connectivity index (χ2n) is 6.10. The third-order valence-corrected chi connectivity index (χ3v) is 5.01. The van der Waals surface area contributed by atoms with Gasteiger partial charge in [0.25, 0.3) is 0 Å². The van der Waals surface area contributed by atoms with E-state index in [2.05, 4.69) is 9.97 Å². The lowest BCUT2D eigenvalue weighted by atomic mass is 10.1. The van der Waals surface area contributed by atoms with Crippen LogP contribution in [-0.2, 0) is 16.0 Å². The molecule has 0 saturated carbocycles. The number of carbonyl (C=O) groups excluding carboxylic acids is 2. The van der Waals surface area contributed by atoms with Gasteiger partial charge in [0, 0.05) is 50.9 Å². The van der Waals surface area contributed by atoms with Crippen molar-refractivity contribution in [3.63, 3.8) is 0 Å². The molecule has 132 valence electrons. The van der Waals surface area contributed by atoms with Crippen molar-refractivity contribution in [2.45, 2.75) is 45.2 Å². The highest BCUT2D eigenvalue weighted by atomic mass is 32.2. The lowest BCUT2D eigenvalue weighted by Crippen LogP contribution is -2.36. The lowest BCUT2D eigenvalue weighted by Gasteiger charge is -2.21. The van der Waals surface area contributed by atoms with Crippen LogP contribution in [-0.4, -0.2) is 64.0 Å². The maximum atomic E-state index is 12.5. The van der Waals surface area contributed by atoms with Gasteiger partial charge in [-0.15, -0.1) is 0 Å². The van der Waals surface area contributed by atoms with Crippen LogP contribution in [0, 0.1) is 13.8 Å². The highest BCUT2D eigenvalue weighted by molar-refractivity contribution is 7.98. The van der Waals surface area contributed by atoms with Crippen LogP contribution < -0.4 is 0 Å². The van der Waals surface area contributed by atoms with Crippen LogP contribution >= 0.6 is 11.8 Å². The van der Waals surface area contributed by atoms with Crippen molar-refractivity contribution in [1.29, 1.82) is 0 Å². The first kappa shape index (κ1) is 18.7. The van der Waals surface area contributed by atoms with Gasteiger partial charge in [0.05, 0.1) is 0 Å². The number of nitrogens with zero attached hydrogens (tertiary/aromatic N) is 4. The van der Waals surface area contributed by atoms with Crippen molar-refractivity contribution in [1.82, 2.24) is 19.8 Å². The van der Waals surface area contributed by atoms with Crippen molar-refractivity contribution >= 4 is 23.6 Å². The minimum Gasteiger partial charge on any atom is -0.341 e. The molecule has 0 atom stereocenters. The molecule has 1 aromatic rings. The molecule has 1 aliphatic heterocycles. The molecule has 1 aromatic heterocycles. The zero-order valence-corrected chi connectivity index (χ0v) is 15.8. The Labute approximate surface area is 148 Å². The van der Waals surface area contributed by atoms with Gasteiger partial charge in [-0.25, -0.2) is 9.97 Å². The molecule has 1 aliphatic rings. The summed E-state index contributed by atoms with van der Waals surface area (Å²) in [6.45, 7) is 8.25. The Morgan fingerprint density at radius 3 is 2.21 bits per heavy atom. The molecule has 0 aromatic carbocycles. The molecule has 0 aliphatic carbocycles. The summed E-state index contributed by atoms with van der Waals surface area (Å²) in [5.74, 6) is 0.231. The second-order valence-corrected chi connectivity index (χ2v) is 6.87. The van der Waals surface area contributed by atoms with Crippen LogP contribution in [0.4, 0.5) is 0 Å². The van der Waals surface area contributed by atoms with Crippen LogP contribution in [0.15, 0.2) is 5.16 Å². The number of hydrogen-bond donors (Lipinski definition) is 0. The van der Waals surface area contributed by atoms with Gasteiger partial charge in [0.2, 0.25) is 11.8 Å². The quantitative estimate of drug-likeness (QED) is 0.612. The maximum Gasteiger partial charge on any atom is 0.222 e. The van der Waals surface area contributed by atoms with E-state index in [4.69, 9.17) is 0 Å². The Hall–Kier alpha value is -1.63. The topological polar surface area (TPSA) is 66.4 Å². The maximum absolute atomic E-state index is 12.5. The van der Waals surface area contributed by atoms with E-state index in [0.29, 0.717) is 25.9 Å². The minimum atomic E-state index is 0.0848. The fraction of sp³-hybridized carbons (Fsp3) is 0.647. The largest absolute Gasteiger partial charge is 0.341 e. The van der Waals surface area contributed by atoms with Gasteiger partial charge in [-0.3, -0.25) is 9.59 Å². The molecule has 0 radical (unpaired) electrons. The number of thioether (sulfide) groups is 1. The molecule has 1 fully saturated rings. The first-order valence-corrected chi connectivity index (χ1v) is 9.56. The molecule has 7 heteroatoms. The minimum absolute atomic E-state index is 0.0848. The summed E-state index contributed by atoms with van der Waals surface area (Å²) in [7, 11) is 0. The van der Waals surface area contributed by atoms with E-state index in [1.807, 2.05) is 29.9 Å². The standard InChI is InChI=1S/C17H26N4O2S/c1-12-15(13(2)19-17(18-12)24-4)6-7-16(23)21-9-5-8-20(10-11-21)14(3)22/h5-11H2,1-4H3. The Bertz CT molecular complexity index is 598. The fourth-order valence-electron chi connectivity index (χ4n) is 3.03. The Kier molecular flexibility index (Phi) is 6.60. The van der Waals surface area contributed by atoms with Crippen molar-refractivity contribution in [3.05, 3.63) is 17.0 Å². The van der Waals surface area contributed by atoms with Crippen LogP contribution in [0.2, 0.25) is 0 Å². The third-order valence-electron chi connectivity index (χ3n) is 4.47. The molecule has 0 spiro atoms. The molecule has 0 N–H and O–H groups in total. The summed E-state index contributed by atoms with van der Waals surface area (Å²) in [5, 5.41) is 0.775. The molecule has 2 rings (SSSR count). The van der Waals surface area contributed by atoms with E-state index in [-0.39, 0.29) is 11.8 Å². The summed E-state index contributed by atoms with van der Waals surface area (Å²) in [6, 6.07) is 0. The first-order valence-electron chi connectivity index (χ1n) is 8.33. The van der Waals surface area contributed by atoms with E-state index < -0.39 is 0 Å². The summed E-state index contributed by atoms with van der Waals surface area (Å²) >= 11 is 1.53. The van der Waals surface area contributed by atoms with Crippen LogP contribution in [0.5, 0.6) is 0 Å². The van der Waals surface area contributed by atoms with Crippen molar-refractivity contribution in [2.75, 3.05) is 32.4 Å². The molecule has 0 bridgehead atoms. The van der Waals surface area contributed by atoms with E-state index in [1.165, 1.54) is 11.8 Å². The van der Waals surface area contributed by atoms with E-state index >= 15 is 0 Å². The summed E-state index contributed by atoms with van der Waals surface area (Å²) in [6.07, 6.45) is 3.93. The van der Waals surface area contributed by atoms with E-state index in [9.17, 15) is 9.59 Å². The molecular weight excluding hydrogens is 324 g/mol. The molecule has 2 amide bonds. The van der Waals surface area contributed by atoms with Gasteiger partial charge >= 0.3 is 0 Å². The number of rotatable bonds is 4. The predicted octanol–water partition coefficient (Wildman–Crippen LogP) is 1.83. The number of amides is 2. The first-order chi connectivity index (χ1) is 11.4. The number of hydrogen-bond acceptors (Lipinski definition) is 5. The molecular formula is C17H26N4O2S. The second kappa shape index (κ2) is 8.46. The monoisotopic (exact) mass is 350 g/mol. The normalized spacial score (nSPS) is 15.3. The van der Waals surface area contributed by atoms with Gasteiger partial charge in [-0.05, 0) is 38.5 Å². The van der Waals surface area contributed by atoms with Crippen LogP contribution in [0.1, 0.15) is 36.7 Å². The Balaban J connectivity index is 1.95.